The maximum atomic E-state index is 13.6. The van der Waals surface area contributed by atoms with Gasteiger partial charge in [-0.25, -0.2) is 8.78 Å². The number of nitrogens with one attached hydrogen (secondary N) is 1. The molecule has 2 nitrogen and oxygen atoms in total. The molecule has 0 aliphatic heterocycles. The lowest BCUT2D eigenvalue weighted by Gasteiger charge is -2.09. The molecule has 0 heterocycles. The Morgan fingerprint density at radius 2 is 1.78 bits per heavy atom. The molecule has 0 atom stereocenters. The van der Waals surface area contributed by atoms with Crippen LogP contribution in [0.15, 0.2) is 36.4 Å². The first-order valence-corrected chi connectivity index (χ1v) is 5.39. The molecular weight excluding hydrogens is 258 g/mol. The largest absolute Gasteiger partial charge is 0.351 e. The predicted octanol–water partition coefficient (Wildman–Crippen LogP) is 4.23. The van der Waals surface area contributed by atoms with Gasteiger partial charge >= 0.3 is 0 Å². The lowest BCUT2D eigenvalue weighted by molar-refractivity contribution is 0.590. The number of hydrogen-bond acceptors (Lipinski definition) is 2. The molecule has 0 radical (unpaired) electrons. The summed E-state index contributed by atoms with van der Waals surface area (Å²) in [6.07, 6.45) is 0. The van der Waals surface area contributed by atoms with Crippen molar-refractivity contribution in [3.8, 4) is 6.07 Å². The Hall–Kier alpha value is -2.12. The van der Waals surface area contributed by atoms with E-state index in [0.717, 1.165) is 12.1 Å². The van der Waals surface area contributed by atoms with Crippen molar-refractivity contribution in [1.82, 2.24) is 0 Å². The number of nitrogens with zero attached hydrogens (tertiary/aromatic N) is 1. The van der Waals surface area contributed by atoms with Crippen molar-refractivity contribution in [3.63, 3.8) is 0 Å². The third-order valence-electron chi connectivity index (χ3n) is 2.27. The van der Waals surface area contributed by atoms with Crippen LogP contribution in [-0.4, -0.2) is 0 Å². The Kier molecular flexibility index (Phi) is 3.45. The minimum atomic E-state index is -0.827. The highest BCUT2D eigenvalue weighted by molar-refractivity contribution is 6.30. The number of rotatable bonds is 2. The summed E-state index contributed by atoms with van der Waals surface area (Å²) in [4.78, 5) is 0. The fraction of sp³-hybridized carbons (Fsp3) is 0. The van der Waals surface area contributed by atoms with Gasteiger partial charge in [0.2, 0.25) is 0 Å². The summed E-state index contributed by atoms with van der Waals surface area (Å²) in [7, 11) is 0. The summed E-state index contributed by atoms with van der Waals surface area (Å²) in [6.45, 7) is 0. The van der Waals surface area contributed by atoms with Crippen LogP contribution < -0.4 is 5.32 Å². The second kappa shape index (κ2) is 5.03. The van der Waals surface area contributed by atoms with E-state index in [1.165, 1.54) is 0 Å². The Morgan fingerprint density at radius 1 is 1.11 bits per heavy atom. The molecule has 0 spiro atoms. The highest BCUT2D eigenvalue weighted by Crippen LogP contribution is 2.25. The lowest BCUT2D eigenvalue weighted by atomic mass is 10.2. The van der Waals surface area contributed by atoms with Crippen LogP contribution in [0.4, 0.5) is 20.2 Å². The van der Waals surface area contributed by atoms with Gasteiger partial charge in [0.25, 0.3) is 0 Å². The first-order chi connectivity index (χ1) is 8.60. The Morgan fingerprint density at radius 3 is 2.33 bits per heavy atom. The van der Waals surface area contributed by atoms with Gasteiger partial charge < -0.3 is 5.32 Å². The van der Waals surface area contributed by atoms with E-state index in [0.29, 0.717) is 10.7 Å². The molecule has 0 aliphatic rings. The number of benzene rings is 2. The van der Waals surface area contributed by atoms with Crippen LogP contribution in [0.25, 0.3) is 0 Å². The second-order valence-corrected chi connectivity index (χ2v) is 4.00. The van der Waals surface area contributed by atoms with Crippen molar-refractivity contribution >= 4 is 23.0 Å². The molecule has 2 aromatic carbocycles. The third kappa shape index (κ3) is 2.58. The van der Waals surface area contributed by atoms with Crippen LogP contribution >= 0.6 is 11.6 Å². The Labute approximate surface area is 107 Å². The molecule has 0 bridgehead atoms. The van der Waals surface area contributed by atoms with Crippen LogP contribution in [-0.2, 0) is 0 Å². The molecule has 0 saturated heterocycles. The summed E-state index contributed by atoms with van der Waals surface area (Å²) in [5.74, 6) is -1.65. The maximum absolute atomic E-state index is 13.6. The highest BCUT2D eigenvalue weighted by atomic mass is 35.5. The van der Waals surface area contributed by atoms with E-state index in [1.54, 1.807) is 30.3 Å². The summed E-state index contributed by atoms with van der Waals surface area (Å²) < 4.78 is 27.2. The van der Waals surface area contributed by atoms with E-state index in [-0.39, 0.29) is 11.3 Å². The molecule has 1 N–H and O–H groups in total. The summed E-state index contributed by atoms with van der Waals surface area (Å²) in [5, 5.41) is 11.6. The van der Waals surface area contributed by atoms with Crippen molar-refractivity contribution in [2.24, 2.45) is 0 Å². The molecular formula is C13H7ClF2N2. The van der Waals surface area contributed by atoms with Crippen LogP contribution in [0.5, 0.6) is 0 Å². The van der Waals surface area contributed by atoms with E-state index in [9.17, 15) is 8.78 Å². The van der Waals surface area contributed by atoms with E-state index in [1.807, 2.05) is 0 Å². The molecule has 0 fully saturated rings. The monoisotopic (exact) mass is 264 g/mol. The van der Waals surface area contributed by atoms with Crippen molar-refractivity contribution < 1.29 is 8.78 Å². The molecule has 0 aromatic heterocycles. The van der Waals surface area contributed by atoms with E-state index >= 15 is 0 Å². The van der Waals surface area contributed by atoms with Crippen LogP contribution in [0.1, 0.15) is 5.56 Å². The van der Waals surface area contributed by atoms with E-state index < -0.39 is 11.6 Å². The van der Waals surface area contributed by atoms with Crippen molar-refractivity contribution in [3.05, 3.63) is 58.6 Å². The number of halogens is 3. The fourth-order valence-electron chi connectivity index (χ4n) is 1.47. The van der Waals surface area contributed by atoms with Gasteiger partial charge in [0.1, 0.15) is 5.69 Å². The average molecular weight is 265 g/mol. The number of anilines is 2. The van der Waals surface area contributed by atoms with Gasteiger partial charge in [-0.3, -0.25) is 0 Å². The minimum absolute atomic E-state index is 0.0679. The molecule has 0 aliphatic carbocycles. The predicted molar refractivity (Wildman–Crippen MR) is 65.8 cm³/mol. The highest BCUT2D eigenvalue weighted by Gasteiger charge is 2.11. The zero-order valence-electron chi connectivity index (χ0n) is 9.05. The van der Waals surface area contributed by atoms with Crippen LogP contribution in [0.2, 0.25) is 5.02 Å². The summed E-state index contributed by atoms with van der Waals surface area (Å²) >= 11 is 5.77. The van der Waals surface area contributed by atoms with Crippen molar-refractivity contribution in [1.29, 1.82) is 5.26 Å². The molecule has 5 heteroatoms. The smallest absolute Gasteiger partial charge is 0.150 e. The van der Waals surface area contributed by atoms with Gasteiger partial charge in [-0.1, -0.05) is 17.7 Å². The van der Waals surface area contributed by atoms with Crippen molar-refractivity contribution in [2.45, 2.75) is 0 Å². The van der Waals surface area contributed by atoms with Gasteiger partial charge in [-0.05, 0) is 30.3 Å². The molecule has 0 unspecified atom stereocenters. The topological polar surface area (TPSA) is 35.8 Å². The first-order valence-electron chi connectivity index (χ1n) is 5.02. The number of hydrogen-bond donors (Lipinski definition) is 1. The standard InChI is InChI=1S/C13H7ClF2N2/c14-9-2-1-3-10(6-9)18-13-11(15)4-8(7-17)5-12(13)16/h1-6,18H. The minimum Gasteiger partial charge on any atom is -0.351 e. The van der Waals surface area contributed by atoms with Crippen molar-refractivity contribution in [2.75, 3.05) is 5.32 Å². The zero-order valence-corrected chi connectivity index (χ0v) is 9.80. The molecule has 2 aromatic rings. The molecule has 0 saturated carbocycles. The molecule has 0 amide bonds. The second-order valence-electron chi connectivity index (χ2n) is 3.56. The average Bonchev–Trinajstić information content (AvgIpc) is 2.33. The zero-order chi connectivity index (χ0) is 13.1. The van der Waals surface area contributed by atoms with Gasteiger partial charge in [-0.2, -0.15) is 5.26 Å². The quantitative estimate of drug-likeness (QED) is 0.881. The SMILES string of the molecule is N#Cc1cc(F)c(Nc2cccc(Cl)c2)c(F)c1. The van der Waals surface area contributed by atoms with E-state index in [2.05, 4.69) is 5.32 Å². The number of nitriles is 1. The molecule has 18 heavy (non-hydrogen) atoms. The van der Waals surface area contributed by atoms with Gasteiger partial charge in [0.15, 0.2) is 11.6 Å². The van der Waals surface area contributed by atoms with Crippen LogP contribution in [0, 0.1) is 23.0 Å². The summed E-state index contributed by atoms with van der Waals surface area (Å²) in [6, 6.07) is 10.1. The van der Waals surface area contributed by atoms with Crippen LogP contribution in [0.3, 0.4) is 0 Å². The Balaban J connectivity index is 2.38. The van der Waals surface area contributed by atoms with Gasteiger partial charge in [-0.15, -0.1) is 0 Å². The fourth-order valence-corrected chi connectivity index (χ4v) is 1.66. The summed E-state index contributed by atoms with van der Waals surface area (Å²) in [5.41, 5.74) is 0.0860. The third-order valence-corrected chi connectivity index (χ3v) is 2.50. The van der Waals surface area contributed by atoms with Gasteiger partial charge in [0.05, 0.1) is 11.6 Å². The molecule has 90 valence electrons. The lowest BCUT2D eigenvalue weighted by Crippen LogP contribution is -1.98. The maximum Gasteiger partial charge on any atom is 0.150 e. The Bertz CT molecular complexity index is 612. The first kappa shape index (κ1) is 12.3. The van der Waals surface area contributed by atoms with E-state index in [4.69, 9.17) is 16.9 Å². The normalized spacial score (nSPS) is 9.89. The van der Waals surface area contributed by atoms with Gasteiger partial charge in [0, 0.05) is 10.7 Å². The molecule has 2 rings (SSSR count).